The molecule has 0 aromatic rings. The van der Waals surface area contributed by atoms with Crippen molar-refractivity contribution in [2.24, 2.45) is 0 Å². The van der Waals surface area contributed by atoms with E-state index in [9.17, 15) is 0 Å². The third-order valence-electron chi connectivity index (χ3n) is 2.39. The number of hydrogen-bond donors (Lipinski definition) is 0. The van der Waals surface area contributed by atoms with Crippen LogP contribution < -0.4 is 0 Å². The van der Waals surface area contributed by atoms with E-state index in [1.54, 1.807) is 0 Å². The Morgan fingerprint density at radius 1 is 1.21 bits per heavy atom. The Kier molecular flexibility index (Phi) is 7.27. The standard InChI is InChI=1S/C11H19N.C2H6/c1-4-9-12(3)11-7-5-10(2)6-8-11;1-2/h5,7H,4,6,8-9H2,1-3H3;1-2H3. The molecule has 0 bridgehead atoms. The van der Waals surface area contributed by atoms with Crippen molar-refractivity contribution >= 4 is 0 Å². The molecule has 0 spiro atoms. The first kappa shape index (κ1) is 13.3. The van der Waals surface area contributed by atoms with Gasteiger partial charge in [-0.05, 0) is 32.3 Å². The summed E-state index contributed by atoms with van der Waals surface area (Å²) >= 11 is 0. The molecule has 0 atom stereocenters. The molecule has 0 heterocycles. The third kappa shape index (κ3) is 4.50. The van der Waals surface area contributed by atoms with E-state index in [0.717, 1.165) is 0 Å². The fourth-order valence-corrected chi connectivity index (χ4v) is 1.53. The summed E-state index contributed by atoms with van der Waals surface area (Å²) in [4.78, 5) is 2.36. The van der Waals surface area contributed by atoms with E-state index in [2.05, 4.69) is 37.9 Å². The molecule has 0 N–H and O–H groups in total. The summed E-state index contributed by atoms with van der Waals surface area (Å²) in [5.74, 6) is 0. The van der Waals surface area contributed by atoms with Gasteiger partial charge in [-0.2, -0.15) is 0 Å². The molecule has 1 nitrogen and oxygen atoms in total. The fourth-order valence-electron chi connectivity index (χ4n) is 1.53. The number of rotatable bonds is 3. The summed E-state index contributed by atoms with van der Waals surface area (Å²) in [7, 11) is 2.18. The van der Waals surface area contributed by atoms with Crippen LogP contribution in [0.5, 0.6) is 0 Å². The molecule has 0 amide bonds. The molecular formula is C13H25N. The van der Waals surface area contributed by atoms with Crippen molar-refractivity contribution in [2.45, 2.75) is 47.0 Å². The first-order valence-corrected chi connectivity index (χ1v) is 5.81. The lowest BCUT2D eigenvalue weighted by atomic mass is 10.0. The highest BCUT2D eigenvalue weighted by Gasteiger charge is 2.06. The summed E-state index contributed by atoms with van der Waals surface area (Å²) < 4.78 is 0. The number of hydrogen-bond acceptors (Lipinski definition) is 1. The van der Waals surface area contributed by atoms with Gasteiger partial charge in [0, 0.05) is 19.3 Å². The van der Waals surface area contributed by atoms with Crippen LogP contribution >= 0.6 is 0 Å². The van der Waals surface area contributed by atoms with E-state index in [0.29, 0.717) is 0 Å². The lowest BCUT2D eigenvalue weighted by Gasteiger charge is -2.24. The van der Waals surface area contributed by atoms with Crippen LogP contribution in [-0.2, 0) is 0 Å². The Balaban J connectivity index is 0.000000791. The van der Waals surface area contributed by atoms with Gasteiger partial charge in [-0.1, -0.05) is 32.4 Å². The lowest BCUT2D eigenvalue weighted by molar-refractivity contribution is 0.398. The van der Waals surface area contributed by atoms with Crippen molar-refractivity contribution in [3.63, 3.8) is 0 Å². The molecule has 82 valence electrons. The highest BCUT2D eigenvalue weighted by atomic mass is 15.1. The zero-order chi connectivity index (χ0) is 11.0. The zero-order valence-electron chi connectivity index (χ0n) is 10.4. The van der Waals surface area contributed by atoms with Crippen molar-refractivity contribution in [1.29, 1.82) is 0 Å². The van der Waals surface area contributed by atoms with Crippen LogP contribution in [0.1, 0.15) is 47.0 Å². The molecule has 0 saturated carbocycles. The Morgan fingerprint density at radius 3 is 2.29 bits per heavy atom. The van der Waals surface area contributed by atoms with E-state index in [1.165, 1.54) is 37.1 Å². The van der Waals surface area contributed by atoms with Gasteiger partial charge in [0.15, 0.2) is 0 Å². The Labute approximate surface area is 89.5 Å². The first-order valence-electron chi connectivity index (χ1n) is 5.81. The Bertz CT molecular complexity index is 201. The second-order valence-corrected chi connectivity index (χ2v) is 3.59. The van der Waals surface area contributed by atoms with Gasteiger partial charge in [-0.25, -0.2) is 0 Å². The van der Waals surface area contributed by atoms with Crippen molar-refractivity contribution in [3.05, 3.63) is 23.4 Å². The van der Waals surface area contributed by atoms with Crippen LogP contribution in [-0.4, -0.2) is 18.5 Å². The van der Waals surface area contributed by atoms with Gasteiger partial charge >= 0.3 is 0 Å². The first-order chi connectivity index (χ1) is 6.74. The molecule has 0 unspecified atom stereocenters. The predicted molar refractivity (Wildman–Crippen MR) is 65.3 cm³/mol. The monoisotopic (exact) mass is 195 g/mol. The molecule has 0 fully saturated rings. The topological polar surface area (TPSA) is 3.24 Å². The van der Waals surface area contributed by atoms with E-state index in [-0.39, 0.29) is 0 Å². The minimum atomic E-state index is 1.18. The molecule has 14 heavy (non-hydrogen) atoms. The predicted octanol–water partition coefficient (Wildman–Crippen LogP) is 3.98. The number of nitrogens with zero attached hydrogens (tertiary/aromatic N) is 1. The minimum absolute atomic E-state index is 1.18. The molecule has 1 heteroatoms. The van der Waals surface area contributed by atoms with Crippen LogP contribution in [0, 0.1) is 0 Å². The molecule has 0 aliphatic heterocycles. The van der Waals surface area contributed by atoms with Gasteiger partial charge in [0.1, 0.15) is 0 Å². The van der Waals surface area contributed by atoms with Gasteiger partial charge in [0.2, 0.25) is 0 Å². The van der Waals surface area contributed by atoms with Crippen LogP contribution in [0.15, 0.2) is 23.4 Å². The van der Waals surface area contributed by atoms with Gasteiger partial charge in [-0.3, -0.25) is 0 Å². The second-order valence-electron chi connectivity index (χ2n) is 3.59. The van der Waals surface area contributed by atoms with Crippen molar-refractivity contribution < 1.29 is 0 Å². The fraction of sp³-hybridized carbons (Fsp3) is 0.692. The smallest absolute Gasteiger partial charge is 0.0169 e. The third-order valence-corrected chi connectivity index (χ3v) is 2.39. The normalized spacial score (nSPS) is 14.9. The molecule has 0 aromatic carbocycles. The highest BCUT2D eigenvalue weighted by molar-refractivity contribution is 5.21. The largest absolute Gasteiger partial charge is 0.378 e. The van der Waals surface area contributed by atoms with Gasteiger partial charge in [-0.15, -0.1) is 0 Å². The maximum Gasteiger partial charge on any atom is 0.0169 e. The molecule has 0 radical (unpaired) electrons. The van der Waals surface area contributed by atoms with Crippen LogP contribution in [0.25, 0.3) is 0 Å². The molecular weight excluding hydrogens is 170 g/mol. The van der Waals surface area contributed by atoms with Crippen LogP contribution in [0.2, 0.25) is 0 Å². The zero-order valence-corrected chi connectivity index (χ0v) is 10.4. The Hall–Kier alpha value is -0.720. The maximum atomic E-state index is 2.36. The second kappa shape index (κ2) is 7.66. The van der Waals surface area contributed by atoms with Crippen LogP contribution in [0.3, 0.4) is 0 Å². The van der Waals surface area contributed by atoms with E-state index in [4.69, 9.17) is 0 Å². The SMILES string of the molecule is CC.CCCN(C)C1=CC=C(C)CC1. The summed E-state index contributed by atoms with van der Waals surface area (Å²) in [5.41, 5.74) is 2.99. The van der Waals surface area contributed by atoms with Gasteiger partial charge < -0.3 is 4.90 Å². The average molecular weight is 195 g/mol. The molecule has 1 aliphatic carbocycles. The van der Waals surface area contributed by atoms with Gasteiger partial charge in [0.25, 0.3) is 0 Å². The highest BCUT2D eigenvalue weighted by Crippen LogP contribution is 2.19. The summed E-state index contributed by atoms with van der Waals surface area (Å²) in [6.07, 6.45) is 8.19. The maximum absolute atomic E-state index is 2.36. The van der Waals surface area contributed by atoms with Crippen molar-refractivity contribution in [2.75, 3.05) is 13.6 Å². The van der Waals surface area contributed by atoms with Crippen LogP contribution in [0.4, 0.5) is 0 Å². The number of allylic oxidation sites excluding steroid dienone is 4. The lowest BCUT2D eigenvalue weighted by Crippen LogP contribution is -2.19. The minimum Gasteiger partial charge on any atom is -0.378 e. The Morgan fingerprint density at radius 2 is 1.86 bits per heavy atom. The molecule has 1 aliphatic rings. The molecule has 1 rings (SSSR count). The van der Waals surface area contributed by atoms with E-state index in [1.807, 2.05) is 13.8 Å². The summed E-state index contributed by atoms with van der Waals surface area (Å²) in [6, 6.07) is 0. The summed E-state index contributed by atoms with van der Waals surface area (Å²) in [5, 5.41) is 0. The molecule has 0 aromatic heterocycles. The van der Waals surface area contributed by atoms with E-state index >= 15 is 0 Å². The van der Waals surface area contributed by atoms with Gasteiger partial charge in [0.05, 0.1) is 0 Å². The molecule has 0 saturated heterocycles. The van der Waals surface area contributed by atoms with E-state index < -0.39 is 0 Å². The summed E-state index contributed by atoms with van der Waals surface area (Å²) in [6.45, 7) is 9.60. The quantitative estimate of drug-likeness (QED) is 0.658. The van der Waals surface area contributed by atoms with Crippen molar-refractivity contribution in [3.8, 4) is 0 Å². The average Bonchev–Trinajstić information content (AvgIpc) is 2.22. The van der Waals surface area contributed by atoms with Crippen molar-refractivity contribution in [1.82, 2.24) is 4.90 Å².